The van der Waals surface area contributed by atoms with Crippen molar-refractivity contribution in [2.75, 3.05) is 5.32 Å². The van der Waals surface area contributed by atoms with Crippen LogP contribution >= 0.6 is 0 Å². The van der Waals surface area contributed by atoms with Gasteiger partial charge in [0.2, 0.25) is 5.91 Å². The fourth-order valence-corrected chi connectivity index (χ4v) is 3.60. The van der Waals surface area contributed by atoms with Gasteiger partial charge in [-0.3, -0.25) is 9.48 Å². The molecule has 0 aliphatic heterocycles. The van der Waals surface area contributed by atoms with Gasteiger partial charge in [0.15, 0.2) is 0 Å². The molecule has 27 heavy (non-hydrogen) atoms. The van der Waals surface area contributed by atoms with E-state index in [2.05, 4.69) is 72.2 Å². The van der Waals surface area contributed by atoms with E-state index < -0.39 is 0 Å². The van der Waals surface area contributed by atoms with Crippen molar-refractivity contribution in [2.24, 2.45) is 0 Å². The molecule has 2 aromatic heterocycles. The summed E-state index contributed by atoms with van der Waals surface area (Å²) >= 11 is 0. The minimum absolute atomic E-state index is 0.0532. The van der Waals surface area contributed by atoms with Crippen LogP contribution in [0, 0.1) is 0 Å². The Morgan fingerprint density at radius 3 is 2.59 bits per heavy atom. The van der Waals surface area contributed by atoms with Gasteiger partial charge in [-0.25, -0.2) is 0 Å². The lowest BCUT2D eigenvalue weighted by Crippen LogP contribution is -2.15. The quantitative estimate of drug-likeness (QED) is 0.557. The topological polar surface area (TPSA) is 51.9 Å². The van der Waals surface area contributed by atoms with Crippen LogP contribution in [-0.2, 0) is 17.8 Å². The van der Waals surface area contributed by atoms with Crippen molar-refractivity contribution in [2.45, 2.75) is 39.8 Å². The zero-order chi connectivity index (χ0) is 19.0. The van der Waals surface area contributed by atoms with Crippen LogP contribution in [0.2, 0.25) is 0 Å². The molecule has 0 atom stereocenters. The first-order chi connectivity index (χ1) is 13.1. The van der Waals surface area contributed by atoms with Crippen molar-refractivity contribution >= 4 is 33.4 Å². The van der Waals surface area contributed by atoms with Gasteiger partial charge < -0.3 is 9.88 Å². The highest BCUT2D eigenvalue weighted by molar-refractivity contribution is 6.09. The van der Waals surface area contributed by atoms with Crippen molar-refractivity contribution in [1.29, 1.82) is 0 Å². The number of hydrogen-bond donors (Lipinski definition) is 1. The Balaban J connectivity index is 1.60. The van der Waals surface area contributed by atoms with Crippen LogP contribution in [0.1, 0.15) is 32.5 Å². The molecule has 5 nitrogen and oxygen atoms in total. The first kappa shape index (κ1) is 17.3. The number of aryl methyl sites for hydroxylation is 1. The van der Waals surface area contributed by atoms with Gasteiger partial charge in [-0.15, -0.1) is 0 Å². The molecule has 4 rings (SSSR count). The number of anilines is 1. The Hall–Kier alpha value is -3.08. The lowest BCUT2D eigenvalue weighted by Gasteiger charge is -2.06. The van der Waals surface area contributed by atoms with Crippen LogP contribution in [0.15, 0.2) is 54.7 Å². The lowest BCUT2D eigenvalue weighted by molar-refractivity contribution is -0.115. The summed E-state index contributed by atoms with van der Waals surface area (Å²) in [5, 5.41) is 9.84. The highest BCUT2D eigenvalue weighted by atomic mass is 16.1. The predicted molar refractivity (Wildman–Crippen MR) is 110 cm³/mol. The summed E-state index contributed by atoms with van der Waals surface area (Å²) in [6.45, 7) is 7.20. The molecule has 2 aromatic carbocycles. The number of rotatable bonds is 5. The number of benzene rings is 2. The van der Waals surface area contributed by atoms with E-state index in [9.17, 15) is 4.79 Å². The molecule has 0 spiro atoms. The van der Waals surface area contributed by atoms with Gasteiger partial charge in [-0.2, -0.15) is 5.10 Å². The second-order valence-electron chi connectivity index (χ2n) is 7.10. The first-order valence-electron chi connectivity index (χ1n) is 9.41. The minimum atomic E-state index is -0.0532. The molecule has 0 radical (unpaired) electrons. The van der Waals surface area contributed by atoms with Crippen LogP contribution in [0.3, 0.4) is 0 Å². The standard InChI is InChI=1S/C22H24N4O/c1-4-25-20-8-6-5-7-18(20)19-13-16(9-10-21(19)25)23-22(27)14-17-11-12-26(24-17)15(2)3/h5-13,15H,4,14H2,1-3H3,(H,23,27). The number of nitrogens with one attached hydrogen (secondary N) is 1. The average molecular weight is 360 g/mol. The number of hydrogen-bond acceptors (Lipinski definition) is 2. The zero-order valence-electron chi connectivity index (χ0n) is 15.9. The number of carbonyl (C=O) groups excluding carboxylic acids is 1. The molecule has 0 saturated heterocycles. The van der Waals surface area contributed by atoms with Crippen molar-refractivity contribution in [1.82, 2.24) is 14.3 Å². The van der Waals surface area contributed by atoms with Gasteiger partial charge in [0.25, 0.3) is 0 Å². The van der Waals surface area contributed by atoms with E-state index in [-0.39, 0.29) is 12.3 Å². The molecule has 0 bridgehead atoms. The molecular weight excluding hydrogens is 336 g/mol. The molecule has 0 aliphatic rings. The van der Waals surface area contributed by atoms with Crippen molar-refractivity contribution in [3.05, 3.63) is 60.4 Å². The Labute approximate surface area is 158 Å². The van der Waals surface area contributed by atoms with E-state index >= 15 is 0 Å². The molecular formula is C22H24N4O. The number of para-hydroxylation sites is 1. The predicted octanol–water partition coefficient (Wildman–Crippen LogP) is 4.77. The van der Waals surface area contributed by atoms with E-state index in [0.29, 0.717) is 6.04 Å². The normalized spacial score (nSPS) is 11.6. The molecule has 0 saturated carbocycles. The lowest BCUT2D eigenvalue weighted by atomic mass is 10.1. The third-order valence-corrected chi connectivity index (χ3v) is 4.91. The Kier molecular flexibility index (Phi) is 4.44. The number of aromatic nitrogens is 3. The summed E-state index contributed by atoms with van der Waals surface area (Å²) in [5.41, 5.74) is 4.00. The summed E-state index contributed by atoms with van der Waals surface area (Å²) < 4.78 is 4.17. The Morgan fingerprint density at radius 1 is 1.07 bits per heavy atom. The second kappa shape index (κ2) is 6.91. The van der Waals surface area contributed by atoms with E-state index in [0.717, 1.165) is 23.3 Å². The summed E-state index contributed by atoms with van der Waals surface area (Å²) in [7, 11) is 0. The summed E-state index contributed by atoms with van der Waals surface area (Å²) in [4.78, 5) is 12.5. The molecule has 4 aromatic rings. The Bertz CT molecular complexity index is 1120. The van der Waals surface area contributed by atoms with E-state index in [1.165, 1.54) is 16.4 Å². The maximum atomic E-state index is 12.5. The fourth-order valence-electron chi connectivity index (χ4n) is 3.60. The molecule has 5 heteroatoms. The third-order valence-electron chi connectivity index (χ3n) is 4.91. The monoisotopic (exact) mass is 360 g/mol. The van der Waals surface area contributed by atoms with Crippen LogP contribution in [0.4, 0.5) is 5.69 Å². The molecule has 0 fully saturated rings. The molecule has 2 heterocycles. The number of nitrogens with zero attached hydrogens (tertiary/aromatic N) is 3. The van der Waals surface area contributed by atoms with Crippen LogP contribution < -0.4 is 5.32 Å². The van der Waals surface area contributed by atoms with E-state index in [1.807, 2.05) is 23.0 Å². The van der Waals surface area contributed by atoms with Gasteiger partial charge in [0, 0.05) is 46.3 Å². The summed E-state index contributed by atoms with van der Waals surface area (Å²) in [5.74, 6) is -0.0532. The average Bonchev–Trinajstić information content (AvgIpc) is 3.24. The first-order valence-corrected chi connectivity index (χ1v) is 9.41. The fraction of sp³-hybridized carbons (Fsp3) is 0.273. The maximum absolute atomic E-state index is 12.5. The molecule has 0 aliphatic carbocycles. The van der Waals surface area contributed by atoms with Crippen LogP contribution in [0.5, 0.6) is 0 Å². The minimum Gasteiger partial charge on any atom is -0.341 e. The maximum Gasteiger partial charge on any atom is 0.230 e. The zero-order valence-corrected chi connectivity index (χ0v) is 15.9. The number of amides is 1. The number of carbonyl (C=O) groups is 1. The summed E-state index contributed by atoms with van der Waals surface area (Å²) in [6.07, 6.45) is 2.19. The van der Waals surface area contributed by atoms with E-state index in [1.54, 1.807) is 0 Å². The third kappa shape index (κ3) is 3.21. The van der Waals surface area contributed by atoms with E-state index in [4.69, 9.17) is 0 Å². The molecule has 1 amide bonds. The van der Waals surface area contributed by atoms with Crippen molar-refractivity contribution in [3.8, 4) is 0 Å². The smallest absolute Gasteiger partial charge is 0.230 e. The van der Waals surface area contributed by atoms with Gasteiger partial charge in [0.1, 0.15) is 0 Å². The van der Waals surface area contributed by atoms with Crippen LogP contribution in [-0.4, -0.2) is 20.3 Å². The van der Waals surface area contributed by atoms with Crippen molar-refractivity contribution in [3.63, 3.8) is 0 Å². The van der Waals surface area contributed by atoms with Gasteiger partial charge >= 0.3 is 0 Å². The molecule has 1 N–H and O–H groups in total. The second-order valence-corrected chi connectivity index (χ2v) is 7.10. The van der Waals surface area contributed by atoms with Crippen LogP contribution in [0.25, 0.3) is 21.8 Å². The van der Waals surface area contributed by atoms with Gasteiger partial charge in [-0.05, 0) is 51.1 Å². The van der Waals surface area contributed by atoms with Crippen molar-refractivity contribution < 1.29 is 4.79 Å². The highest BCUT2D eigenvalue weighted by Gasteiger charge is 2.12. The van der Waals surface area contributed by atoms with Gasteiger partial charge in [0.05, 0.1) is 12.1 Å². The van der Waals surface area contributed by atoms with Gasteiger partial charge in [-0.1, -0.05) is 18.2 Å². The molecule has 138 valence electrons. The highest BCUT2D eigenvalue weighted by Crippen LogP contribution is 2.31. The number of fused-ring (bicyclic) bond motifs is 3. The summed E-state index contributed by atoms with van der Waals surface area (Å²) in [6, 6.07) is 16.7. The largest absolute Gasteiger partial charge is 0.341 e. The molecule has 0 unspecified atom stereocenters. The SMILES string of the molecule is CCn1c2ccccc2c2cc(NC(=O)Cc3ccn(C(C)C)n3)ccc21. The Morgan fingerprint density at radius 2 is 1.85 bits per heavy atom.